The van der Waals surface area contributed by atoms with Crippen LogP contribution >= 0.6 is 0 Å². The summed E-state index contributed by atoms with van der Waals surface area (Å²) in [5, 5.41) is 4.59. The molecule has 1 aliphatic rings. The van der Waals surface area contributed by atoms with E-state index in [9.17, 15) is 0 Å². The molecule has 3 nitrogen and oxygen atoms in total. The first-order chi connectivity index (χ1) is 7.09. The molecule has 15 heavy (non-hydrogen) atoms. The van der Waals surface area contributed by atoms with Crippen LogP contribution in [0.2, 0.25) is 0 Å². The number of fused-ring (bicyclic) bond motifs is 1. The summed E-state index contributed by atoms with van der Waals surface area (Å²) in [6.45, 7) is 9.93. The first-order valence-electron chi connectivity index (χ1n) is 6.04. The average molecular weight is 207 g/mol. The van der Waals surface area contributed by atoms with Crippen LogP contribution in [0.4, 0.5) is 0 Å². The third-order valence-electron chi connectivity index (χ3n) is 3.25. The van der Waals surface area contributed by atoms with Gasteiger partial charge in [0.25, 0.3) is 0 Å². The van der Waals surface area contributed by atoms with E-state index in [-0.39, 0.29) is 0 Å². The Kier molecular flexibility index (Phi) is 2.81. The molecule has 0 spiro atoms. The van der Waals surface area contributed by atoms with E-state index in [1.807, 2.05) is 0 Å². The van der Waals surface area contributed by atoms with E-state index >= 15 is 0 Å². The summed E-state index contributed by atoms with van der Waals surface area (Å²) < 4.78 is 2.13. The van der Waals surface area contributed by atoms with Crippen molar-refractivity contribution in [1.82, 2.24) is 14.8 Å². The lowest BCUT2D eigenvalue weighted by Gasteiger charge is -2.24. The zero-order valence-corrected chi connectivity index (χ0v) is 10.2. The van der Waals surface area contributed by atoms with Crippen LogP contribution in [0, 0.1) is 5.92 Å². The largest absolute Gasteiger partial charge is 0.250 e. The molecule has 3 heteroatoms. The Morgan fingerprint density at radius 3 is 2.60 bits per heavy atom. The Bertz CT molecular complexity index is 339. The molecule has 1 unspecified atom stereocenters. The van der Waals surface area contributed by atoms with Gasteiger partial charge in [0.2, 0.25) is 0 Å². The standard InChI is InChI=1S/C12H21N3/c1-8(2)10-6-5-7-15-12(10)13-11(14-15)9(3)4/h8-10H,5-7H2,1-4H3. The Balaban J connectivity index is 2.34. The maximum atomic E-state index is 4.70. The van der Waals surface area contributed by atoms with Gasteiger partial charge >= 0.3 is 0 Å². The smallest absolute Gasteiger partial charge is 0.153 e. The minimum atomic E-state index is 0.441. The summed E-state index contributed by atoms with van der Waals surface area (Å²) in [4.78, 5) is 4.70. The summed E-state index contributed by atoms with van der Waals surface area (Å²) in [7, 11) is 0. The van der Waals surface area contributed by atoms with Crippen molar-refractivity contribution in [1.29, 1.82) is 0 Å². The van der Waals surface area contributed by atoms with Crippen molar-refractivity contribution in [3.63, 3.8) is 0 Å². The van der Waals surface area contributed by atoms with Crippen LogP contribution in [0.15, 0.2) is 0 Å². The first-order valence-corrected chi connectivity index (χ1v) is 6.04. The molecule has 0 amide bonds. The second-order valence-corrected chi connectivity index (χ2v) is 5.20. The highest BCUT2D eigenvalue weighted by molar-refractivity contribution is 5.05. The highest BCUT2D eigenvalue weighted by Crippen LogP contribution is 2.32. The van der Waals surface area contributed by atoms with Crippen LogP contribution in [0.1, 0.15) is 64.0 Å². The van der Waals surface area contributed by atoms with E-state index in [0.29, 0.717) is 17.8 Å². The van der Waals surface area contributed by atoms with E-state index in [1.54, 1.807) is 0 Å². The van der Waals surface area contributed by atoms with Gasteiger partial charge in [-0.05, 0) is 18.8 Å². The fourth-order valence-electron chi connectivity index (χ4n) is 2.28. The lowest BCUT2D eigenvalue weighted by molar-refractivity contribution is 0.351. The molecule has 0 aromatic carbocycles. The average Bonchev–Trinajstić information content (AvgIpc) is 2.60. The van der Waals surface area contributed by atoms with E-state index in [2.05, 4.69) is 37.5 Å². The zero-order valence-electron chi connectivity index (χ0n) is 10.2. The second-order valence-electron chi connectivity index (χ2n) is 5.20. The van der Waals surface area contributed by atoms with Gasteiger partial charge in [0.05, 0.1) is 0 Å². The predicted octanol–water partition coefficient (Wildman–Crippen LogP) is 2.93. The molecule has 1 aromatic rings. The summed E-state index contributed by atoms with van der Waals surface area (Å²) in [5.74, 6) is 3.96. The monoisotopic (exact) mass is 207 g/mol. The minimum Gasteiger partial charge on any atom is -0.250 e. The van der Waals surface area contributed by atoms with Gasteiger partial charge in [0.15, 0.2) is 5.82 Å². The third-order valence-corrected chi connectivity index (χ3v) is 3.25. The van der Waals surface area contributed by atoms with Crippen molar-refractivity contribution in [3.8, 4) is 0 Å². The molecule has 0 radical (unpaired) electrons. The van der Waals surface area contributed by atoms with Crippen molar-refractivity contribution >= 4 is 0 Å². The van der Waals surface area contributed by atoms with Gasteiger partial charge in [0, 0.05) is 18.4 Å². The molecule has 2 heterocycles. The molecule has 0 N–H and O–H groups in total. The third kappa shape index (κ3) is 1.92. The van der Waals surface area contributed by atoms with Crippen LogP contribution in [-0.4, -0.2) is 14.8 Å². The molecule has 0 saturated heterocycles. The number of aromatic nitrogens is 3. The first kappa shape index (κ1) is 10.7. The summed E-state index contributed by atoms with van der Waals surface area (Å²) in [5.41, 5.74) is 0. The number of aryl methyl sites for hydroxylation is 1. The molecule has 0 aliphatic carbocycles. The summed E-state index contributed by atoms with van der Waals surface area (Å²) in [6, 6.07) is 0. The van der Waals surface area contributed by atoms with Crippen molar-refractivity contribution < 1.29 is 0 Å². The van der Waals surface area contributed by atoms with Gasteiger partial charge in [-0.3, -0.25) is 0 Å². The zero-order chi connectivity index (χ0) is 11.0. The fraction of sp³-hybridized carbons (Fsp3) is 0.833. The van der Waals surface area contributed by atoms with Gasteiger partial charge in [-0.25, -0.2) is 9.67 Å². The summed E-state index contributed by atoms with van der Waals surface area (Å²) >= 11 is 0. The molecule has 1 aliphatic heterocycles. The van der Waals surface area contributed by atoms with E-state index in [4.69, 9.17) is 4.98 Å². The molecule has 0 fully saturated rings. The van der Waals surface area contributed by atoms with Gasteiger partial charge < -0.3 is 0 Å². The highest BCUT2D eigenvalue weighted by Gasteiger charge is 2.26. The van der Waals surface area contributed by atoms with Crippen LogP contribution < -0.4 is 0 Å². The van der Waals surface area contributed by atoms with Crippen LogP contribution in [0.5, 0.6) is 0 Å². The lowest BCUT2D eigenvalue weighted by Crippen LogP contribution is -2.20. The van der Waals surface area contributed by atoms with Gasteiger partial charge in [-0.1, -0.05) is 27.7 Å². The van der Waals surface area contributed by atoms with Gasteiger partial charge in [0.1, 0.15) is 5.82 Å². The molecule has 2 rings (SSSR count). The molecule has 0 bridgehead atoms. The van der Waals surface area contributed by atoms with Crippen molar-refractivity contribution in [2.45, 2.75) is 58.9 Å². The van der Waals surface area contributed by atoms with E-state index in [1.165, 1.54) is 18.7 Å². The minimum absolute atomic E-state index is 0.441. The molecule has 0 saturated carbocycles. The summed E-state index contributed by atoms with van der Waals surface area (Å²) in [6.07, 6.45) is 2.52. The number of nitrogens with zero attached hydrogens (tertiary/aromatic N) is 3. The van der Waals surface area contributed by atoms with Crippen molar-refractivity contribution in [2.75, 3.05) is 0 Å². The Morgan fingerprint density at radius 2 is 2.00 bits per heavy atom. The number of rotatable bonds is 2. The van der Waals surface area contributed by atoms with Gasteiger partial charge in [-0.2, -0.15) is 5.10 Å². The lowest BCUT2D eigenvalue weighted by atomic mass is 9.88. The normalized spacial score (nSPS) is 21.1. The van der Waals surface area contributed by atoms with Crippen molar-refractivity contribution in [2.24, 2.45) is 5.92 Å². The van der Waals surface area contributed by atoms with E-state index < -0.39 is 0 Å². The molecule has 84 valence electrons. The fourth-order valence-corrected chi connectivity index (χ4v) is 2.28. The highest BCUT2D eigenvalue weighted by atomic mass is 15.4. The maximum absolute atomic E-state index is 4.70. The van der Waals surface area contributed by atoms with Crippen molar-refractivity contribution in [3.05, 3.63) is 11.6 Å². The van der Waals surface area contributed by atoms with Gasteiger partial charge in [-0.15, -0.1) is 0 Å². The van der Waals surface area contributed by atoms with E-state index in [0.717, 1.165) is 12.4 Å². The molecular formula is C12H21N3. The quantitative estimate of drug-likeness (QED) is 0.746. The Morgan fingerprint density at radius 1 is 1.27 bits per heavy atom. The Hall–Kier alpha value is -0.860. The number of hydrogen-bond donors (Lipinski definition) is 0. The predicted molar refractivity (Wildman–Crippen MR) is 60.9 cm³/mol. The second kappa shape index (κ2) is 3.95. The SMILES string of the molecule is CC(C)c1nc2n(n1)CCCC2C(C)C. The number of hydrogen-bond acceptors (Lipinski definition) is 2. The molecule has 1 atom stereocenters. The topological polar surface area (TPSA) is 30.7 Å². The molecular weight excluding hydrogens is 186 g/mol. The Labute approximate surface area is 91.9 Å². The van der Waals surface area contributed by atoms with Crippen LogP contribution in [0.25, 0.3) is 0 Å². The maximum Gasteiger partial charge on any atom is 0.153 e. The van der Waals surface area contributed by atoms with Crippen LogP contribution in [-0.2, 0) is 6.54 Å². The van der Waals surface area contributed by atoms with Crippen LogP contribution in [0.3, 0.4) is 0 Å². The molecule has 1 aromatic heterocycles.